The van der Waals surface area contributed by atoms with Crippen LogP contribution in [0, 0.1) is 0 Å². The first kappa shape index (κ1) is 16.1. The molecule has 0 radical (unpaired) electrons. The van der Waals surface area contributed by atoms with Crippen molar-refractivity contribution >= 4 is 22.6 Å². The fourth-order valence-corrected chi connectivity index (χ4v) is 3.99. The molecule has 0 saturated heterocycles. The third-order valence-corrected chi connectivity index (χ3v) is 5.33. The highest BCUT2D eigenvalue weighted by atomic mass is 16.7. The summed E-state index contributed by atoms with van der Waals surface area (Å²) >= 11 is 0. The van der Waals surface area contributed by atoms with E-state index in [1.165, 1.54) is 22.0 Å². The summed E-state index contributed by atoms with van der Waals surface area (Å²) in [6.45, 7) is 4.63. The number of aromatic nitrogens is 1. The molecule has 3 heterocycles. The van der Waals surface area contributed by atoms with Crippen molar-refractivity contribution in [3.8, 4) is 11.5 Å². The van der Waals surface area contributed by atoms with Crippen LogP contribution in [0.2, 0.25) is 0 Å². The van der Waals surface area contributed by atoms with Crippen LogP contribution in [0.3, 0.4) is 0 Å². The fourth-order valence-electron chi connectivity index (χ4n) is 3.99. The minimum atomic E-state index is -0.0978. The normalized spacial score (nSPS) is 15.1. The van der Waals surface area contributed by atoms with Crippen LogP contribution >= 0.6 is 0 Å². The van der Waals surface area contributed by atoms with Gasteiger partial charge in [-0.05, 0) is 42.7 Å². The number of rotatable bonds is 2. The molecule has 6 heteroatoms. The second-order valence-electron chi connectivity index (χ2n) is 6.92. The Kier molecular flexibility index (Phi) is 3.70. The van der Waals surface area contributed by atoms with Crippen molar-refractivity contribution < 1.29 is 14.3 Å². The fraction of sp³-hybridized carbons (Fsp3) is 0.286. The monoisotopic (exact) mass is 363 g/mol. The molecule has 0 saturated carbocycles. The molecule has 0 unspecified atom stereocenters. The molecule has 3 aromatic rings. The number of amides is 2. The molecule has 5 rings (SSSR count). The molecular formula is C21H21N3O3. The summed E-state index contributed by atoms with van der Waals surface area (Å²) in [4.78, 5) is 14.7. The number of urea groups is 1. The zero-order valence-electron chi connectivity index (χ0n) is 15.2. The Hall–Kier alpha value is -3.15. The molecule has 27 heavy (non-hydrogen) atoms. The Morgan fingerprint density at radius 2 is 2.04 bits per heavy atom. The van der Waals surface area contributed by atoms with Crippen molar-refractivity contribution in [3.05, 3.63) is 53.7 Å². The molecule has 0 bridgehead atoms. The van der Waals surface area contributed by atoms with E-state index in [1.54, 1.807) is 6.07 Å². The molecular weight excluding hydrogens is 342 g/mol. The number of carbonyl (C=O) groups excluding carboxylic acids is 1. The number of ether oxygens (including phenoxy) is 2. The molecule has 138 valence electrons. The Labute approximate surface area is 157 Å². The third-order valence-electron chi connectivity index (χ3n) is 5.33. The van der Waals surface area contributed by atoms with E-state index in [2.05, 4.69) is 41.2 Å². The molecule has 1 aromatic heterocycles. The Morgan fingerprint density at radius 3 is 2.93 bits per heavy atom. The van der Waals surface area contributed by atoms with Gasteiger partial charge < -0.3 is 24.3 Å². The summed E-state index contributed by atoms with van der Waals surface area (Å²) in [5.41, 5.74) is 4.49. The molecule has 2 aliphatic heterocycles. The molecule has 0 aliphatic carbocycles. The number of carbonyl (C=O) groups is 1. The van der Waals surface area contributed by atoms with Crippen molar-refractivity contribution in [2.45, 2.75) is 26.4 Å². The second kappa shape index (κ2) is 6.23. The highest BCUT2D eigenvalue weighted by Gasteiger charge is 2.23. The number of nitrogens with one attached hydrogen (secondary N) is 1. The first-order valence-corrected chi connectivity index (χ1v) is 9.28. The van der Waals surface area contributed by atoms with E-state index in [-0.39, 0.29) is 12.8 Å². The zero-order valence-corrected chi connectivity index (χ0v) is 15.2. The predicted molar refractivity (Wildman–Crippen MR) is 103 cm³/mol. The van der Waals surface area contributed by atoms with E-state index >= 15 is 0 Å². The van der Waals surface area contributed by atoms with Gasteiger partial charge in [-0.3, -0.25) is 0 Å². The van der Waals surface area contributed by atoms with Gasteiger partial charge in [-0.1, -0.05) is 12.1 Å². The van der Waals surface area contributed by atoms with Crippen LogP contribution in [-0.2, 0) is 19.5 Å². The number of hydrogen-bond acceptors (Lipinski definition) is 3. The molecule has 1 N–H and O–H groups in total. The van der Waals surface area contributed by atoms with Crippen molar-refractivity contribution in [1.82, 2.24) is 9.47 Å². The van der Waals surface area contributed by atoms with Gasteiger partial charge >= 0.3 is 6.03 Å². The van der Waals surface area contributed by atoms with Crippen molar-refractivity contribution in [2.75, 3.05) is 18.7 Å². The number of aryl methyl sites for hydroxylation is 1. The molecule has 0 spiro atoms. The lowest BCUT2D eigenvalue weighted by molar-refractivity contribution is 0.174. The van der Waals surface area contributed by atoms with Gasteiger partial charge in [0.05, 0.1) is 0 Å². The standard InChI is InChI=1S/C21H21N3O3/c1-2-23-11-15-8-9-24(12-14-4-3-5-17(23)20(14)15)21(25)22-16-6-7-18-19(10-16)27-13-26-18/h3-7,10-11H,2,8-9,12-13H2,1H3,(H,22,25). The molecule has 2 aromatic carbocycles. The topological polar surface area (TPSA) is 55.7 Å². The highest BCUT2D eigenvalue weighted by molar-refractivity contribution is 5.92. The highest BCUT2D eigenvalue weighted by Crippen LogP contribution is 2.34. The quantitative estimate of drug-likeness (QED) is 0.749. The lowest BCUT2D eigenvalue weighted by atomic mass is 10.1. The maximum absolute atomic E-state index is 12.9. The van der Waals surface area contributed by atoms with Crippen LogP contribution in [0.4, 0.5) is 10.5 Å². The molecule has 0 fully saturated rings. The van der Waals surface area contributed by atoms with Gasteiger partial charge in [0.25, 0.3) is 0 Å². The van der Waals surface area contributed by atoms with Crippen LogP contribution in [0.5, 0.6) is 11.5 Å². The SMILES string of the molecule is CCn1cc2c3c(cccc31)CN(C(=O)Nc1ccc3c(c1)OCO3)CC2. The minimum absolute atomic E-state index is 0.0978. The van der Waals surface area contributed by atoms with Gasteiger partial charge in [-0.25, -0.2) is 4.79 Å². The zero-order chi connectivity index (χ0) is 18.4. The lowest BCUT2D eigenvalue weighted by Gasteiger charge is -2.22. The van der Waals surface area contributed by atoms with Gasteiger partial charge in [-0.15, -0.1) is 0 Å². The molecule has 2 amide bonds. The predicted octanol–water partition coefficient (Wildman–Crippen LogP) is 3.98. The average Bonchev–Trinajstić information content (AvgIpc) is 3.23. The van der Waals surface area contributed by atoms with Crippen molar-refractivity contribution in [3.63, 3.8) is 0 Å². The second-order valence-corrected chi connectivity index (χ2v) is 6.92. The molecule has 0 atom stereocenters. The van der Waals surface area contributed by atoms with Crippen molar-refractivity contribution in [1.29, 1.82) is 0 Å². The summed E-state index contributed by atoms with van der Waals surface area (Å²) in [6.07, 6.45) is 3.09. The smallest absolute Gasteiger partial charge is 0.322 e. The van der Waals surface area contributed by atoms with E-state index in [0.717, 1.165) is 13.0 Å². The van der Waals surface area contributed by atoms with Gasteiger partial charge in [0.1, 0.15) is 0 Å². The summed E-state index contributed by atoms with van der Waals surface area (Å²) in [5, 5.41) is 4.29. The number of anilines is 1. The van der Waals surface area contributed by atoms with Crippen molar-refractivity contribution in [2.24, 2.45) is 0 Å². The summed E-state index contributed by atoms with van der Waals surface area (Å²) < 4.78 is 13.0. The molecule has 2 aliphatic rings. The van der Waals surface area contributed by atoms with E-state index in [1.807, 2.05) is 17.0 Å². The summed E-state index contributed by atoms with van der Waals surface area (Å²) in [6, 6.07) is 11.7. The first-order valence-electron chi connectivity index (χ1n) is 9.28. The van der Waals surface area contributed by atoms with Gasteiger partial charge in [-0.2, -0.15) is 0 Å². The minimum Gasteiger partial charge on any atom is -0.454 e. The number of nitrogens with zero attached hydrogens (tertiary/aromatic N) is 2. The summed E-state index contributed by atoms with van der Waals surface area (Å²) in [5.74, 6) is 1.37. The number of benzene rings is 2. The average molecular weight is 363 g/mol. The van der Waals surface area contributed by atoms with Crippen LogP contribution < -0.4 is 14.8 Å². The van der Waals surface area contributed by atoms with Gasteiger partial charge in [0, 0.05) is 48.5 Å². The van der Waals surface area contributed by atoms with E-state index in [4.69, 9.17) is 9.47 Å². The Morgan fingerprint density at radius 1 is 1.15 bits per heavy atom. The molecule has 6 nitrogen and oxygen atoms in total. The maximum atomic E-state index is 12.9. The van der Waals surface area contributed by atoms with Gasteiger partial charge in [0.15, 0.2) is 11.5 Å². The number of fused-ring (bicyclic) bond motifs is 1. The van der Waals surface area contributed by atoms with E-state index < -0.39 is 0 Å². The van der Waals surface area contributed by atoms with Crippen LogP contribution in [-0.4, -0.2) is 28.8 Å². The third kappa shape index (κ3) is 2.68. The Bertz CT molecular complexity index is 1040. The summed E-state index contributed by atoms with van der Waals surface area (Å²) in [7, 11) is 0. The Balaban J connectivity index is 1.39. The lowest BCUT2D eigenvalue weighted by Crippen LogP contribution is -2.35. The van der Waals surface area contributed by atoms with Gasteiger partial charge in [0.2, 0.25) is 6.79 Å². The van der Waals surface area contributed by atoms with E-state index in [0.29, 0.717) is 30.3 Å². The number of hydrogen-bond donors (Lipinski definition) is 1. The maximum Gasteiger partial charge on any atom is 0.322 e. The van der Waals surface area contributed by atoms with Crippen LogP contribution in [0.25, 0.3) is 10.9 Å². The first-order chi connectivity index (χ1) is 13.2. The largest absolute Gasteiger partial charge is 0.454 e. The van der Waals surface area contributed by atoms with Crippen LogP contribution in [0.1, 0.15) is 18.1 Å². The van der Waals surface area contributed by atoms with E-state index in [9.17, 15) is 4.79 Å². The van der Waals surface area contributed by atoms with Crippen LogP contribution in [0.15, 0.2) is 42.6 Å².